The van der Waals surface area contributed by atoms with Crippen molar-refractivity contribution >= 4 is 34.8 Å². The van der Waals surface area contributed by atoms with Gasteiger partial charge in [-0.3, -0.25) is 9.59 Å². The monoisotopic (exact) mass is 423 g/mol. The summed E-state index contributed by atoms with van der Waals surface area (Å²) < 4.78 is 5.37. The van der Waals surface area contributed by atoms with E-state index in [-0.39, 0.29) is 12.5 Å². The van der Waals surface area contributed by atoms with Gasteiger partial charge >= 0.3 is 5.97 Å². The van der Waals surface area contributed by atoms with Gasteiger partial charge in [-0.25, -0.2) is 4.98 Å². The molecule has 28 heavy (non-hydrogen) atoms. The predicted octanol–water partition coefficient (Wildman–Crippen LogP) is 3.81. The molecule has 1 heterocycles. The molecule has 0 N–H and O–H groups in total. The second-order valence-corrected chi connectivity index (χ2v) is 8.96. The van der Waals surface area contributed by atoms with E-state index >= 15 is 0 Å². The number of aromatic nitrogens is 1. The molecule has 0 unspecified atom stereocenters. The molecule has 0 aliphatic rings. The highest BCUT2D eigenvalue weighted by atomic mass is 35.5. The van der Waals surface area contributed by atoms with E-state index in [1.165, 1.54) is 16.2 Å². The number of ether oxygens (including phenoxy) is 1. The Hall–Kier alpha value is -1.96. The molecule has 152 valence electrons. The number of rotatable bonds is 7. The number of amides is 1. The van der Waals surface area contributed by atoms with Crippen molar-refractivity contribution in [1.82, 2.24) is 14.8 Å². The van der Waals surface area contributed by atoms with Crippen LogP contribution in [-0.4, -0.2) is 66.0 Å². The molecule has 6 nitrogen and oxygen atoms in total. The molecule has 2 aromatic rings. The van der Waals surface area contributed by atoms with Gasteiger partial charge in [-0.2, -0.15) is 0 Å². The van der Waals surface area contributed by atoms with E-state index in [9.17, 15) is 9.59 Å². The van der Waals surface area contributed by atoms with Crippen LogP contribution in [0.15, 0.2) is 29.6 Å². The average Bonchev–Trinajstić information content (AvgIpc) is 3.07. The van der Waals surface area contributed by atoms with E-state index in [4.69, 9.17) is 16.3 Å². The molecule has 1 aromatic carbocycles. The minimum absolute atomic E-state index is 0.113. The van der Waals surface area contributed by atoms with Gasteiger partial charge in [0.25, 0.3) is 5.91 Å². The number of esters is 1. The number of nitrogens with zero attached hydrogens (tertiary/aromatic N) is 3. The van der Waals surface area contributed by atoms with Crippen LogP contribution < -0.4 is 0 Å². The minimum atomic E-state index is -0.601. The minimum Gasteiger partial charge on any atom is -0.459 e. The van der Waals surface area contributed by atoms with Crippen molar-refractivity contribution in [3.63, 3.8) is 0 Å². The first-order valence-electron chi connectivity index (χ1n) is 8.92. The largest absolute Gasteiger partial charge is 0.459 e. The molecule has 0 atom stereocenters. The molecule has 8 heteroatoms. The lowest BCUT2D eigenvalue weighted by atomic mass is 10.2. The lowest BCUT2D eigenvalue weighted by Crippen LogP contribution is -2.42. The number of carbonyl (C=O) groups is 2. The zero-order valence-corrected chi connectivity index (χ0v) is 18.4. The summed E-state index contributed by atoms with van der Waals surface area (Å²) >= 11 is 7.30. The predicted molar refractivity (Wildman–Crippen MR) is 113 cm³/mol. The van der Waals surface area contributed by atoms with Crippen molar-refractivity contribution in [2.24, 2.45) is 0 Å². The van der Waals surface area contributed by atoms with Crippen molar-refractivity contribution in [2.45, 2.75) is 26.4 Å². The summed E-state index contributed by atoms with van der Waals surface area (Å²) in [7, 11) is 3.83. The molecule has 1 amide bonds. The van der Waals surface area contributed by atoms with Gasteiger partial charge in [0, 0.05) is 29.1 Å². The van der Waals surface area contributed by atoms with Crippen molar-refractivity contribution in [2.75, 3.05) is 33.7 Å². The Morgan fingerprint density at radius 3 is 2.36 bits per heavy atom. The third kappa shape index (κ3) is 6.89. The SMILES string of the molecule is CN(C)CCN(CC(=O)OC(C)(C)C)C(=O)c1csc(-c2ccc(Cl)cc2)n1. The Balaban J connectivity index is 2.16. The number of hydrogen-bond acceptors (Lipinski definition) is 6. The van der Waals surface area contributed by atoms with Crippen LogP contribution in [-0.2, 0) is 9.53 Å². The Bertz CT molecular complexity index is 813. The standard InChI is InChI=1S/C20H26ClN3O3S/c1-20(2,3)27-17(25)12-24(11-10-23(4)5)19(26)16-13-28-18(22-16)14-6-8-15(21)9-7-14/h6-9,13H,10-12H2,1-5H3. The van der Waals surface area contributed by atoms with Crippen LogP contribution in [0.25, 0.3) is 10.6 Å². The summed E-state index contributed by atoms with van der Waals surface area (Å²) in [6.45, 7) is 6.32. The van der Waals surface area contributed by atoms with E-state index in [0.29, 0.717) is 23.8 Å². The third-order valence-corrected chi connectivity index (χ3v) is 4.80. The summed E-state index contributed by atoms with van der Waals surface area (Å²) in [6.07, 6.45) is 0. The van der Waals surface area contributed by atoms with Crippen LogP contribution in [0.3, 0.4) is 0 Å². The molecule has 1 aromatic heterocycles. The third-order valence-electron chi connectivity index (χ3n) is 3.66. The maximum Gasteiger partial charge on any atom is 0.326 e. The zero-order chi connectivity index (χ0) is 20.9. The van der Waals surface area contributed by atoms with Crippen molar-refractivity contribution in [3.8, 4) is 10.6 Å². The molecular formula is C20H26ClN3O3S. The highest BCUT2D eigenvalue weighted by Crippen LogP contribution is 2.25. The summed E-state index contributed by atoms with van der Waals surface area (Å²) in [5.41, 5.74) is 0.605. The van der Waals surface area contributed by atoms with E-state index in [1.807, 2.05) is 31.1 Å². The number of benzene rings is 1. The summed E-state index contributed by atoms with van der Waals surface area (Å²) in [6, 6.07) is 7.29. The van der Waals surface area contributed by atoms with Gasteiger partial charge in [-0.05, 0) is 47.0 Å². The second-order valence-electron chi connectivity index (χ2n) is 7.66. The first-order chi connectivity index (χ1) is 13.0. The van der Waals surface area contributed by atoms with Gasteiger partial charge in [-0.15, -0.1) is 11.3 Å². The smallest absolute Gasteiger partial charge is 0.326 e. The van der Waals surface area contributed by atoms with Gasteiger partial charge in [-0.1, -0.05) is 23.7 Å². The fourth-order valence-electron chi connectivity index (χ4n) is 2.36. The van der Waals surface area contributed by atoms with Crippen molar-refractivity contribution < 1.29 is 14.3 Å². The first kappa shape index (κ1) is 22.3. The highest BCUT2D eigenvalue weighted by molar-refractivity contribution is 7.13. The normalized spacial score (nSPS) is 11.5. The molecule has 0 bridgehead atoms. The Morgan fingerprint density at radius 1 is 1.14 bits per heavy atom. The zero-order valence-electron chi connectivity index (χ0n) is 16.9. The van der Waals surface area contributed by atoms with Crippen LogP contribution in [0.4, 0.5) is 0 Å². The molecule has 0 fully saturated rings. The second kappa shape index (κ2) is 9.49. The molecule has 0 radical (unpaired) electrons. The lowest BCUT2D eigenvalue weighted by Gasteiger charge is -2.25. The number of hydrogen-bond donors (Lipinski definition) is 0. The number of likely N-dealkylation sites (N-methyl/N-ethyl adjacent to an activating group) is 1. The van der Waals surface area contributed by atoms with Crippen LogP contribution in [0, 0.1) is 0 Å². The molecule has 0 saturated heterocycles. The van der Waals surface area contributed by atoms with Gasteiger partial charge < -0.3 is 14.5 Å². The molecule has 0 saturated carbocycles. The molecular weight excluding hydrogens is 398 g/mol. The Labute approximate surface area is 175 Å². The Morgan fingerprint density at radius 2 is 1.79 bits per heavy atom. The molecule has 0 aliphatic carbocycles. The molecule has 0 spiro atoms. The van der Waals surface area contributed by atoms with Crippen molar-refractivity contribution in [3.05, 3.63) is 40.4 Å². The maximum atomic E-state index is 13.0. The van der Waals surface area contributed by atoms with Crippen LogP contribution >= 0.6 is 22.9 Å². The highest BCUT2D eigenvalue weighted by Gasteiger charge is 2.24. The molecule has 0 aliphatic heterocycles. The van der Waals surface area contributed by atoms with Gasteiger partial charge in [0.15, 0.2) is 0 Å². The van der Waals surface area contributed by atoms with Gasteiger partial charge in [0.1, 0.15) is 22.8 Å². The van der Waals surface area contributed by atoms with Gasteiger partial charge in [0.2, 0.25) is 0 Å². The number of carbonyl (C=O) groups excluding carboxylic acids is 2. The first-order valence-corrected chi connectivity index (χ1v) is 10.2. The maximum absolute atomic E-state index is 13.0. The number of halogens is 1. The van der Waals surface area contributed by atoms with Crippen LogP contribution in [0.2, 0.25) is 5.02 Å². The molecule has 2 rings (SSSR count). The van der Waals surface area contributed by atoms with E-state index < -0.39 is 11.6 Å². The topological polar surface area (TPSA) is 62.7 Å². The van der Waals surface area contributed by atoms with Crippen molar-refractivity contribution in [1.29, 1.82) is 0 Å². The average molecular weight is 424 g/mol. The Kier molecular flexibility index (Phi) is 7.57. The fraction of sp³-hybridized carbons (Fsp3) is 0.450. The summed E-state index contributed by atoms with van der Waals surface area (Å²) in [4.78, 5) is 33.1. The van der Waals surface area contributed by atoms with Crippen LogP contribution in [0.1, 0.15) is 31.3 Å². The number of thiazole rings is 1. The van der Waals surface area contributed by atoms with E-state index in [0.717, 1.165) is 10.6 Å². The fourth-order valence-corrected chi connectivity index (χ4v) is 3.29. The summed E-state index contributed by atoms with van der Waals surface area (Å²) in [5.74, 6) is -0.725. The van der Waals surface area contributed by atoms with E-state index in [2.05, 4.69) is 4.98 Å². The van der Waals surface area contributed by atoms with Crippen LogP contribution in [0.5, 0.6) is 0 Å². The van der Waals surface area contributed by atoms with Gasteiger partial charge in [0.05, 0.1) is 0 Å². The quantitative estimate of drug-likeness (QED) is 0.633. The lowest BCUT2D eigenvalue weighted by molar-refractivity contribution is -0.155. The summed E-state index contributed by atoms with van der Waals surface area (Å²) in [5, 5.41) is 3.08. The van der Waals surface area contributed by atoms with E-state index in [1.54, 1.807) is 38.3 Å².